The van der Waals surface area contributed by atoms with E-state index in [4.69, 9.17) is 17.3 Å². The van der Waals surface area contributed by atoms with Crippen molar-refractivity contribution in [2.75, 3.05) is 5.73 Å². The van der Waals surface area contributed by atoms with Crippen LogP contribution in [0.2, 0.25) is 5.02 Å². The summed E-state index contributed by atoms with van der Waals surface area (Å²) in [6.45, 7) is 0. The summed E-state index contributed by atoms with van der Waals surface area (Å²) in [6.07, 6.45) is 0. The first-order valence-corrected chi connectivity index (χ1v) is 6.55. The van der Waals surface area contributed by atoms with E-state index >= 15 is 0 Å². The number of anilines is 1. The first-order chi connectivity index (χ1) is 8.58. The van der Waals surface area contributed by atoms with Gasteiger partial charge in [0, 0.05) is 16.3 Å². The number of benzene rings is 2. The zero-order chi connectivity index (χ0) is 13.1. The van der Waals surface area contributed by atoms with Gasteiger partial charge in [0.05, 0.1) is 5.02 Å². The minimum atomic E-state index is -0.424. The number of halogens is 3. The molecule has 2 rings (SSSR count). The Morgan fingerprint density at radius 1 is 1.17 bits per heavy atom. The van der Waals surface area contributed by atoms with Crippen molar-refractivity contribution in [2.45, 2.75) is 10.6 Å². The van der Waals surface area contributed by atoms with E-state index in [1.165, 1.54) is 30.0 Å². The van der Waals surface area contributed by atoms with Gasteiger partial charge < -0.3 is 5.73 Å². The zero-order valence-corrected chi connectivity index (χ0v) is 10.9. The highest BCUT2D eigenvalue weighted by molar-refractivity contribution is 7.98. The highest BCUT2D eigenvalue weighted by atomic mass is 35.5. The number of thioether (sulfide) groups is 1. The van der Waals surface area contributed by atoms with Crippen LogP contribution in [0.4, 0.5) is 14.5 Å². The fraction of sp³-hybridized carbons (Fsp3) is 0.0769. The van der Waals surface area contributed by atoms with Gasteiger partial charge in [0.2, 0.25) is 0 Å². The van der Waals surface area contributed by atoms with Crippen molar-refractivity contribution < 1.29 is 8.78 Å². The second kappa shape index (κ2) is 5.59. The van der Waals surface area contributed by atoms with Gasteiger partial charge >= 0.3 is 0 Å². The van der Waals surface area contributed by atoms with Crippen LogP contribution < -0.4 is 5.73 Å². The predicted octanol–water partition coefficient (Wildman–Crippen LogP) is 4.49. The molecular formula is C13H10ClF2NS. The highest BCUT2D eigenvalue weighted by Gasteiger charge is 2.08. The third-order valence-corrected chi connectivity index (χ3v) is 3.82. The summed E-state index contributed by atoms with van der Waals surface area (Å²) in [7, 11) is 0. The molecule has 2 N–H and O–H groups in total. The molecule has 0 saturated heterocycles. The average Bonchev–Trinajstić information content (AvgIpc) is 2.33. The standard InChI is InChI=1S/C13H10ClF2NS/c14-10-3-1-2-8(13(10)16)7-18-12-5-4-9(15)6-11(12)17/h1-6H,7,17H2. The first-order valence-electron chi connectivity index (χ1n) is 5.18. The number of hydrogen-bond acceptors (Lipinski definition) is 2. The molecule has 0 unspecified atom stereocenters. The third kappa shape index (κ3) is 2.94. The van der Waals surface area contributed by atoms with Crippen LogP contribution in [0.5, 0.6) is 0 Å². The van der Waals surface area contributed by atoms with Gasteiger partial charge in [-0.15, -0.1) is 11.8 Å². The lowest BCUT2D eigenvalue weighted by Gasteiger charge is -2.07. The Balaban J connectivity index is 2.14. The van der Waals surface area contributed by atoms with Crippen molar-refractivity contribution in [2.24, 2.45) is 0 Å². The summed E-state index contributed by atoms with van der Waals surface area (Å²) < 4.78 is 26.5. The minimum Gasteiger partial charge on any atom is -0.398 e. The molecule has 0 fully saturated rings. The third-order valence-electron chi connectivity index (χ3n) is 2.39. The van der Waals surface area contributed by atoms with Gasteiger partial charge in [-0.05, 0) is 29.8 Å². The maximum Gasteiger partial charge on any atom is 0.145 e. The average molecular weight is 286 g/mol. The quantitative estimate of drug-likeness (QED) is 0.664. The molecule has 94 valence electrons. The second-order valence-electron chi connectivity index (χ2n) is 3.68. The smallest absolute Gasteiger partial charge is 0.145 e. The van der Waals surface area contributed by atoms with Crippen LogP contribution in [0.15, 0.2) is 41.3 Å². The summed E-state index contributed by atoms with van der Waals surface area (Å²) in [4.78, 5) is 0.718. The predicted molar refractivity (Wildman–Crippen MR) is 71.8 cm³/mol. The fourth-order valence-corrected chi connectivity index (χ4v) is 2.58. The SMILES string of the molecule is Nc1cc(F)ccc1SCc1cccc(Cl)c1F. The van der Waals surface area contributed by atoms with Crippen molar-refractivity contribution in [3.63, 3.8) is 0 Å². The summed E-state index contributed by atoms with van der Waals surface area (Å²) in [6, 6.07) is 9.00. The Bertz CT molecular complexity index is 575. The monoisotopic (exact) mass is 285 g/mol. The molecule has 1 nitrogen and oxygen atoms in total. The molecule has 0 aliphatic heterocycles. The molecule has 0 aliphatic carbocycles. The van der Waals surface area contributed by atoms with Gasteiger partial charge in [-0.25, -0.2) is 8.78 Å². The van der Waals surface area contributed by atoms with Crippen molar-refractivity contribution in [3.05, 3.63) is 58.6 Å². The van der Waals surface area contributed by atoms with Crippen LogP contribution in [0.25, 0.3) is 0 Å². The molecule has 0 radical (unpaired) electrons. The summed E-state index contributed by atoms with van der Waals surface area (Å²) >= 11 is 7.03. The lowest BCUT2D eigenvalue weighted by atomic mass is 10.2. The van der Waals surface area contributed by atoms with Crippen LogP contribution in [-0.2, 0) is 5.75 Å². The van der Waals surface area contributed by atoms with E-state index in [0.717, 1.165) is 4.90 Å². The molecule has 0 aromatic heterocycles. The van der Waals surface area contributed by atoms with Gasteiger partial charge in [0.25, 0.3) is 0 Å². The van der Waals surface area contributed by atoms with E-state index in [-0.39, 0.29) is 10.8 Å². The van der Waals surface area contributed by atoms with Crippen LogP contribution >= 0.6 is 23.4 Å². The van der Waals surface area contributed by atoms with Gasteiger partial charge in [0.15, 0.2) is 0 Å². The molecule has 18 heavy (non-hydrogen) atoms. The van der Waals surface area contributed by atoms with Crippen LogP contribution in [0, 0.1) is 11.6 Å². The van der Waals surface area contributed by atoms with Gasteiger partial charge in [-0.1, -0.05) is 23.7 Å². The highest BCUT2D eigenvalue weighted by Crippen LogP contribution is 2.30. The molecule has 0 atom stereocenters. The largest absolute Gasteiger partial charge is 0.398 e. The first kappa shape index (κ1) is 13.2. The summed E-state index contributed by atoms with van der Waals surface area (Å²) in [5, 5.41) is 0.0974. The molecule has 0 heterocycles. The molecule has 0 amide bonds. The summed E-state index contributed by atoms with van der Waals surface area (Å²) in [5.74, 6) is -0.416. The van der Waals surface area contributed by atoms with Crippen molar-refractivity contribution >= 4 is 29.1 Å². The van der Waals surface area contributed by atoms with E-state index in [0.29, 0.717) is 17.0 Å². The maximum atomic E-state index is 13.6. The Morgan fingerprint density at radius 2 is 1.94 bits per heavy atom. The Labute approximate surface area is 113 Å². The van der Waals surface area contributed by atoms with Crippen LogP contribution in [-0.4, -0.2) is 0 Å². The number of hydrogen-bond donors (Lipinski definition) is 1. The lowest BCUT2D eigenvalue weighted by molar-refractivity contribution is 0.617. The topological polar surface area (TPSA) is 26.0 Å². The minimum absolute atomic E-state index is 0.0974. The molecule has 5 heteroatoms. The van der Waals surface area contributed by atoms with E-state index < -0.39 is 5.82 Å². The van der Waals surface area contributed by atoms with E-state index in [1.54, 1.807) is 18.2 Å². The van der Waals surface area contributed by atoms with E-state index in [2.05, 4.69) is 0 Å². The normalized spacial score (nSPS) is 10.6. The number of nitrogens with two attached hydrogens (primary N) is 1. The van der Waals surface area contributed by atoms with E-state index in [1.807, 2.05) is 0 Å². The lowest BCUT2D eigenvalue weighted by Crippen LogP contribution is -1.92. The molecule has 2 aromatic rings. The molecule has 0 saturated carbocycles. The number of nitrogen functional groups attached to an aromatic ring is 1. The fourth-order valence-electron chi connectivity index (χ4n) is 1.47. The van der Waals surface area contributed by atoms with Gasteiger partial charge in [-0.2, -0.15) is 0 Å². The van der Waals surface area contributed by atoms with Crippen molar-refractivity contribution in [1.29, 1.82) is 0 Å². The Kier molecular flexibility index (Phi) is 4.09. The molecule has 0 bridgehead atoms. The Hall–Kier alpha value is -1.26. The van der Waals surface area contributed by atoms with Crippen molar-refractivity contribution in [1.82, 2.24) is 0 Å². The molecule has 0 spiro atoms. The second-order valence-corrected chi connectivity index (χ2v) is 5.11. The molecule has 0 aliphatic rings. The van der Waals surface area contributed by atoms with Gasteiger partial charge in [0.1, 0.15) is 11.6 Å². The maximum absolute atomic E-state index is 13.6. The van der Waals surface area contributed by atoms with E-state index in [9.17, 15) is 8.78 Å². The van der Waals surface area contributed by atoms with Crippen LogP contribution in [0.3, 0.4) is 0 Å². The molecule has 2 aromatic carbocycles. The summed E-state index contributed by atoms with van der Waals surface area (Å²) in [5.41, 5.74) is 6.52. The Morgan fingerprint density at radius 3 is 2.67 bits per heavy atom. The molecular weight excluding hydrogens is 276 g/mol. The van der Waals surface area contributed by atoms with Crippen molar-refractivity contribution in [3.8, 4) is 0 Å². The number of rotatable bonds is 3. The zero-order valence-electron chi connectivity index (χ0n) is 9.29. The van der Waals surface area contributed by atoms with Crippen LogP contribution in [0.1, 0.15) is 5.56 Å². The van der Waals surface area contributed by atoms with Gasteiger partial charge in [-0.3, -0.25) is 0 Å².